The molecular formula is C19H31FN4. The van der Waals surface area contributed by atoms with Crippen molar-refractivity contribution in [3.05, 3.63) is 35.6 Å². The zero-order chi connectivity index (χ0) is 17.6. The zero-order valence-electron chi connectivity index (χ0n) is 15.4. The molecule has 0 bridgehead atoms. The maximum atomic E-state index is 13.5. The van der Waals surface area contributed by atoms with Gasteiger partial charge in [-0.3, -0.25) is 4.99 Å². The second kappa shape index (κ2) is 7.97. The van der Waals surface area contributed by atoms with Crippen LogP contribution in [0, 0.1) is 5.82 Å². The Labute approximate surface area is 145 Å². The molecular weight excluding hydrogens is 303 g/mol. The van der Waals surface area contributed by atoms with E-state index in [9.17, 15) is 4.39 Å². The standard InChI is InChI=1S/C19H31FN4/c1-5-21-17(22-11-12-24-18(2,3)4)23-14-19(9-10-19)15-7-6-8-16(20)13-15/h6-8,13,24H,5,9-12,14H2,1-4H3,(H2,21,22,23). The monoisotopic (exact) mass is 334 g/mol. The highest BCUT2D eigenvalue weighted by atomic mass is 19.1. The third kappa shape index (κ3) is 5.78. The van der Waals surface area contributed by atoms with E-state index in [0.717, 1.165) is 44.0 Å². The van der Waals surface area contributed by atoms with Gasteiger partial charge in [0.2, 0.25) is 0 Å². The van der Waals surface area contributed by atoms with E-state index in [1.54, 1.807) is 12.1 Å². The Morgan fingerprint density at radius 1 is 1.21 bits per heavy atom. The molecule has 4 nitrogen and oxygen atoms in total. The van der Waals surface area contributed by atoms with Crippen LogP contribution in [0.5, 0.6) is 0 Å². The summed E-state index contributed by atoms with van der Waals surface area (Å²) in [5, 5.41) is 10.1. The Morgan fingerprint density at radius 3 is 2.54 bits per heavy atom. The molecule has 0 unspecified atom stereocenters. The number of nitrogens with zero attached hydrogens (tertiary/aromatic N) is 1. The van der Waals surface area contributed by atoms with E-state index >= 15 is 0 Å². The van der Waals surface area contributed by atoms with Crippen molar-refractivity contribution in [1.29, 1.82) is 0 Å². The minimum atomic E-state index is -0.166. The average Bonchev–Trinajstić information content (AvgIpc) is 3.29. The van der Waals surface area contributed by atoms with Crippen LogP contribution >= 0.6 is 0 Å². The van der Waals surface area contributed by atoms with E-state index in [1.807, 2.05) is 6.07 Å². The van der Waals surface area contributed by atoms with E-state index in [0.29, 0.717) is 6.54 Å². The van der Waals surface area contributed by atoms with E-state index < -0.39 is 0 Å². The van der Waals surface area contributed by atoms with Gasteiger partial charge in [-0.15, -0.1) is 0 Å². The highest BCUT2D eigenvalue weighted by Gasteiger charge is 2.44. The molecule has 5 heteroatoms. The molecule has 1 fully saturated rings. The van der Waals surface area contributed by atoms with Crippen molar-refractivity contribution >= 4 is 5.96 Å². The third-order valence-corrected chi connectivity index (χ3v) is 4.25. The predicted molar refractivity (Wildman–Crippen MR) is 99.0 cm³/mol. The fraction of sp³-hybridized carbons (Fsp3) is 0.632. The van der Waals surface area contributed by atoms with Gasteiger partial charge in [-0.1, -0.05) is 12.1 Å². The molecule has 0 atom stereocenters. The van der Waals surface area contributed by atoms with E-state index in [-0.39, 0.29) is 16.8 Å². The molecule has 0 aliphatic heterocycles. The number of hydrogen-bond acceptors (Lipinski definition) is 2. The van der Waals surface area contributed by atoms with Crippen molar-refractivity contribution < 1.29 is 4.39 Å². The molecule has 1 aliphatic carbocycles. The fourth-order valence-electron chi connectivity index (χ4n) is 2.70. The lowest BCUT2D eigenvalue weighted by Gasteiger charge is -2.21. The number of hydrogen-bond donors (Lipinski definition) is 3. The van der Waals surface area contributed by atoms with Crippen LogP contribution < -0.4 is 16.0 Å². The first-order valence-electron chi connectivity index (χ1n) is 8.88. The van der Waals surface area contributed by atoms with E-state index in [1.165, 1.54) is 6.07 Å². The van der Waals surface area contributed by atoms with Gasteiger partial charge in [0.25, 0.3) is 0 Å². The molecule has 0 radical (unpaired) electrons. The fourth-order valence-corrected chi connectivity index (χ4v) is 2.70. The van der Waals surface area contributed by atoms with Gasteiger partial charge in [0.15, 0.2) is 5.96 Å². The zero-order valence-corrected chi connectivity index (χ0v) is 15.4. The number of guanidine groups is 1. The lowest BCUT2D eigenvalue weighted by Crippen LogP contribution is -2.44. The normalized spacial score (nSPS) is 16.8. The summed E-state index contributed by atoms with van der Waals surface area (Å²) in [6, 6.07) is 6.95. The first kappa shape index (κ1) is 18.7. The highest BCUT2D eigenvalue weighted by Crippen LogP contribution is 2.48. The van der Waals surface area contributed by atoms with Crippen molar-refractivity contribution in [3.8, 4) is 0 Å². The first-order chi connectivity index (χ1) is 11.3. The van der Waals surface area contributed by atoms with Crippen LogP contribution in [0.15, 0.2) is 29.3 Å². The Kier molecular flexibility index (Phi) is 6.21. The van der Waals surface area contributed by atoms with Gasteiger partial charge in [0.1, 0.15) is 5.82 Å². The minimum Gasteiger partial charge on any atom is -0.357 e. The summed E-state index contributed by atoms with van der Waals surface area (Å²) >= 11 is 0. The van der Waals surface area contributed by atoms with Crippen molar-refractivity contribution in [3.63, 3.8) is 0 Å². The molecule has 1 aromatic carbocycles. The number of rotatable bonds is 7. The maximum absolute atomic E-state index is 13.5. The number of aliphatic imine (C=N–C) groups is 1. The molecule has 0 saturated heterocycles. The second-order valence-corrected chi connectivity index (χ2v) is 7.59. The van der Waals surface area contributed by atoms with Crippen molar-refractivity contribution in [2.45, 2.75) is 51.5 Å². The van der Waals surface area contributed by atoms with Crippen LogP contribution in [0.25, 0.3) is 0 Å². The Morgan fingerprint density at radius 2 is 1.96 bits per heavy atom. The lowest BCUT2D eigenvalue weighted by atomic mass is 9.96. The molecule has 134 valence electrons. The van der Waals surface area contributed by atoms with Crippen LogP contribution in [-0.2, 0) is 5.41 Å². The topological polar surface area (TPSA) is 48.5 Å². The summed E-state index contributed by atoms with van der Waals surface area (Å²) in [5.74, 6) is 0.664. The van der Waals surface area contributed by atoms with Crippen molar-refractivity contribution in [2.24, 2.45) is 4.99 Å². The van der Waals surface area contributed by atoms with E-state index in [2.05, 4.69) is 43.6 Å². The molecule has 0 spiro atoms. The summed E-state index contributed by atoms with van der Waals surface area (Å²) in [6.07, 6.45) is 2.15. The van der Waals surface area contributed by atoms with Gasteiger partial charge >= 0.3 is 0 Å². The SMILES string of the molecule is CCNC(=NCC1(c2cccc(F)c2)CC1)NCCNC(C)(C)C. The van der Waals surface area contributed by atoms with Crippen LogP contribution in [-0.4, -0.2) is 37.7 Å². The van der Waals surface area contributed by atoms with Crippen LogP contribution in [0.1, 0.15) is 46.1 Å². The summed E-state index contributed by atoms with van der Waals surface area (Å²) in [6.45, 7) is 11.7. The minimum absolute atomic E-state index is 0.0219. The van der Waals surface area contributed by atoms with Gasteiger partial charge in [-0.05, 0) is 58.2 Å². The molecule has 0 heterocycles. The summed E-state index contributed by atoms with van der Waals surface area (Å²) in [4.78, 5) is 4.73. The van der Waals surface area contributed by atoms with Crippen LogP contribution in [0.2, 0.25) is 0 Å². The number of benzene rings is 1. The summed E-state index contributed by atoms with van der Waals surface area (Å²) in [7, 11) is 0. The van der Waals surface area contributed by atoms with Crippen LogP contribution in [0.4, 0.5) is 4.39 Å². The largest absolute Gasteiger partial charge is 0.357 e. The van der Waals surface area contributed by atoms with Crippen molar-refractivity contribution in [1.82, 2.24) is 16.0 Å². The molecule has 0 aromatic heterocycles. The van der Waals surface area contributed by atoms with Gasteiger partial charge in [0, 0.05) is 30.6 Å². The van der Waals surface area contributed by atoms with Crippen LogP contribution in [0.3, 0.4) is 0 Å². The van der Waals surface area contributed by atoms with E-state index in [4.69, 9.17) is 4.99 Å². The first-order valence-corrected chi connectivity index (χ1v) is 8.88. The maximum Gasteiger partial charge on any atom is 0.191 e. The third-order valence-electron chi connectivity index (χ3n) is 4.25. The number of nitrogens with one attached hydrogen (secondary N) is 3. The Hall–Kier alpha value is -1.62. The van der Waals surface area contributed by atoms with Crippen molar-refractivity contribution in [2.75, 3.05) is 26.2 Å². The lowest BCUT2D eigenvalue weighted by molar-refractivity contribution is 0.428. The smallest absolute Gasteiger partial charge is 0.191 e. The quantitative estimate of drug-likeness (QED) is 0.408. The predicted octanol–water partition coefficient (Wildman–Crippen LogP) is 2.80. The van der Waals surface area contributed by atoms with Gasteiger partial charge < -0.3 is 16.0 Å². The summed E-state index contributed by atoms with van der Waals surface area (Å²) in [5.41, 5.74) is 1.21. The molecule has 24 heavy (non-hydrogen) atoms. The molecule has 1 aromatic rings. The molecule has 1 saturated carbocycles. The highest BCUT2D eigenvalue weighted by molar-refractivity contribution is 5.79. The molecule has 0 amide bonds. The molecule has 3 N–H and O–H groups in total. The van der Waals surface area contributed by atoms with Gasteiger partial charge in [-0.2, -0.15) is 0 Å². The Balaban J connectivity index is 1.91. The van der Waals surface area contributed by atoms with Gasteiger partial charge in [0.05, 0.1) is 6.54 Å². The second-order valence-electron chi connectivity index (χ2n) is 7.59. The van der Waals surface area contributed by atoms with Gasteiger partial charge in [-0.25, -0.2) is 4.39 Å². The summed E-state index contributed by atoms with van der Waals surface area (Å²) < 4.78 is 13.5. The molecule has 2 rings (SSSR count). The number of halogens is 1. The Bertz CT molecular complexity index is 559. The average molecular weight is 334 g/mol. The molecule has 1 aliphatic rings.